The monoisotopic (exact) mass is 205 g/mol. The van der Waals surface area contributed by atoms with E-state index in [9.17, 15) is 9.59 Å². The fourth-order valence-electron chi connectivity index (χ4n) is 1.06. The molecule has 0 spiro atoms. The number of carbonyl (C=O) groups is 2. The molecule has 0 aromatic heterocycles. The average Bonchev–Trinajstić information content (AvgIpc) is 2.01. The fourth-order valence-corrected chi connectivity index (χ4v) is 1.06. The Kier molecular flexibility index (Phi) is 5.82. The lowest BCUT2D eigenvalue weighted by Crippen LogP contribution is -2.42. The van der Waals surface area contributed by atoms with Gasteiger partial charge >= 0.3 is 11.9 Å². The van der Waals surface area contributed by atoms with Crippen LogP contribution in [0, 0.1) is 0 Å². The standard InChI is InChI=1S/C8H15NO5/c1-6(5-14-2)9(3-7(10)11)4-8(12)13/h6H,3-5H2,1-2H3,(H,10,11)(H,12,13). The van der Waals surface area contributed by atoms with E-state index in [4.69, 9.17) is 14.9 Å². The van der Waals surface area contributed by atoms with Crippen LogP contribution in [0.5, 0.6) is 0 Å². The van der Waals surface area contributed by atoms with Gasteiger partial charge in [-0.15, -0.1) is 0 Å². The van der Waals surface area contributed by atoms with Crippen molar-refractivity contribution in [1.82, 2.24) is 4.90 Å². The molecule has 0 heterocycles. The number of hydrogen-bond acceptors (Lipinski definition) is 4. The molecule has 0 aliphatic carbocycles. The molecule has 0 aromatic carbocycles. The largest absolute Gasteiger partial charge is 0.480 e. The summed E-state index contributed by atoms with van der Waals surface area (Å²) >= 11 is 0. The molecular formula is C8H15NO5. The predicted octanol–water partition coefficient (Wildman–Crippen LogP) is -0.507. The Hall–Kier alpha value is -1.14. The Bertz CT molecular complexity index is 190. The van der Waals surface area contributed by atoms with Gasteiger partial charge in [-0.3, -0.25) is 14.5 Å². The third kappa shape index (κ3) is 5.50. The number of carboxylic acids is 2. The van der Waals surface area contributed by atoms with Crippen LogP contribution in [0.4, 0.5) is 0 Å². The van der Waals surface area contributed by atoms with Crippen LogP contribution in [0.25, 0.3) is 0 Å². The lowest BCUT2D eigenvalue weighted by Gasteiger charge is -2.24. The number of aliphatic carboxylic acids is 2. The molecule has 6 nitrogen and oxygen atoms in total. The molecule has 0 aliphatic heterocycles. The summed E-state index contributed by atoms with van der Waals surface area (Å²) in [6, 6.07) is -0.229. The van der Waals surface area contributed by atoms with Gasteiger partial charge in [0, 0.05) is 13.2 Å². The van der Waals surface area contributed by atoms with Crippen molar-refractivity contribution in [3.05, 3.63) is 0 Å². The summed E-state index contributed by atoms with van der Waals surface area (Å²) in [5.41, 5.74) is 0. The zero-order valence-corrected chi connectivity index (χ0v) is 8.27. The molecule has 0 saturated carbocycles. The van der Waals surface area contributed by atoms with Gasteiger partial charge in [-0.05, 0) is 6.92 Å². The average molecular weight is 205 g/mol. The van der Waals surface area contributed by atoms with Gasteiger partial charge < -0.3 is 14.9 Å². The Morgan fingerprint density at radius 2 is 1.71 bits per heavy atom. The van der Waals surface area contributed by atoms with E-state index in [2.05, 4.69) is 0 Å². The Morgan fingerprint density at radius 3 is 2.00 bits per heavy atom. The number of hydrogen-bond donors (Lipinski definition) is 2. The quantitative estimate of drug-likeness (QED) is 0.582. The van der Waals surface area contributed by atoms with Crippen molar-refractivity contribution < 1.29 is 24.5 Å². The highest BCUT2D eigenvalue weighted by Crippen LogP contribution is 1.99. The van der Waals surface area contributed by atoms with Gasteiger partial charge in [0.25, 0.3) is 0 Å². The third-order valence-electron chi connectivity index (χ3n) is 1.71. The summed E-state index contributed by atoms with van der Waals surface area (Å²) in [7, 11) is 1.48. The first-order valence-corrected chi connectivity index (χ1v) is 4.14. The molecule has 0 saturated heterocycles. The van der Waals surface area contributed by atoms with E-state index in [0.29, 0.717) is 6.61 Å². The van der Waals surface area contributed by atoms with Crippen molar-refractivity contribution in [2.45, 2.75) is 13.0 Å². The van der Waals surface area contributed by atoms with Crippen LogP contribution in [-0.2, 0) is 14.3 Å². The number of carboxylic acid groups (broad SMARTS) is 2. The molecular weight excluding hydrogens is 190 g/mol. The lowest BCUT2D eigenvalue weighted by molar-refractivity contribution is -0.143. The third-order valence-corrected chi connectivity index (χ3v) is 1.71. The summed E-state index contributed by atoms with van der Waals surface area (Å²) < 4.78 is 4.82. The molecule has 0 radical (unpaired) electrons. The van der Waals surface area contributed by atoms with Gasteiger partial charge in [-0.1, -0.05) is 0 Å². The second-order valence-corrected chi connectivity index (χ2v) is 3.00. The van der Waals surface area contributed by atoms with E-state index in [-0.39, 0.29) is 19.1 Å². The summed E-state index contributed by atoms with van der Waals surface area (Å²) in [5.74, 6) is -2.09. The first kappa shape index (κ1) is 12.9. The second kappa shape index (κ2) is 6.33. The van der Waals surface area contributed by atoms with Crippen molar-refractivity contribution in [2.75, 3.05) is 26.8 Å². The van der Waals surface area contributed by atoms with E-state index in [0.717, 1.165) is 0 Å². The van der Waals surface area contributed by atoms with Crippen LogP contribution < -0.4 is 0 Å². The molecule has 2 N–H and O–H groups in total. The van der Waals surface area contributed by atoms with Gasteiger partial charge in [-0.2, -0.15) is 0 Å². The minimum absolute atomic E-state index is 0.229. The minimum atomic E-state index is -1.05. The van der Waals surface area contributed by atoms with Crippen LogP contribution in [0.2, 0.25) is 0 Å². The Labute approximate surface area is 82.1 Å². The molecule has 82 valence electrons. The molecule has 0 aromatic rings. The van der Waals surface area contributed by atoms with Gasteiger partial charge in [0.15, 0.2) is 0 Å². The van der Waals surface area contributed by atoms with E-state index >= 15 is 0 Å². The summed E-state index contributed by atoms with van der Waals surface area (Å²) in [5, 5.41) is 17.1. The number of rotatable bonds is 7. The lowest BCUT2D eigenvalue weighted by atomic mass is 10.3. The molecule has 14 heavy (non-hydrogen) atoms. The number of methoxy groups -OCH3 is 1. The Balaban J connectivity index is 4.21. The van der Waals surface area contributed by atoms with Crippen LogP contribution in [0.15, 0.2) is 0 Å². The van der Waals surface area contributed by atoms with Crippen molar-refractivity contribution in [1.29, 1.82) is 0 Å². The van der Waals surface area contributed by atoms with E-state index in [1.807, 2.05) is 0 Å². The summed E-state index contributed by atoms with van der Waals surface area (Å²) in [6.07, 6.45) is 0. The maximum Gasteiger partial charge on any atom is 0.317 e. The van der Waals surface area contributed by atoms with Gasteiger partial charge in [0.05, 0.1) is 19.7 Å². The molecule has 0 aliphatic rings. The Morgan fingerprint density at radius 1 is 1.29 bits per heavy atom. The fraction of sp³-hybridized carbons (Fsp3) is 0.750. The molecule has 0 amide bonds. The van der Waals surface area contributed by atoms with Crippen molar-refractivity contribution in [3.63, 3.8) is 0 Å². The van der Waals surface area contributed by atoms with Crippen molar-refractivity contribution in [2.24, 2.45) is 0 Å². The molecule has 6 heteroatoms. The van der Waals surface area contributed by atoms with Crippen molar-refractivity contribution in [3.8, 4) is 0 Å². The van der Waals surface area contributed by atoms with Gasteiger partial charge in [0.2, 0.25) is 0 Å². The first-order valence-electron chi connectivity index (χ1n) is 4.14. The summed E-state index contributed by atoms with van der Waals surface area (Å²) in [6.45, 7) is 1.43. The number of nitrogens with zero attached hydrogens (tertiary/aromatic N) is 1. The van der Waals surface area contributed by atoms with Crippen LogP contribution in [-0.4, -0.2) is 59.9 Å². The minimum Gasteiger partial charge on any atom is -0.480 e. The van der Waals surface area contributed by atoms with E-state index in [1.54, 1.807) is 6.92 Å². The van der Waals surface area contributed by atoms with Gasteiger partial charge in [-0.25, -0.2) is 0 Å². The van der Waals surface area contributed by atoms with Gasteiger partial charge in [0.1, 0.15) is 0 Å². The highest BCUT2D eigenvalue weighted by Gasteiger charge is 2.19. The van der Waals surface area contributed by atoms with E-state index in [1.165, 1.54) is 12.0 Å². The topological polar surface area (TPSA) is 87.1 Å². The summed E-state index contributed by atoms with van der Waals surface area (Å²) in [4.78, 5) is 22.2. The van der Waals surface area contributed by atoms with Crippen LogP contribution in [0.3, 0.4) is 0 Å². The predicted molar refractivity (Wildman–Crippen MR) is 48.2 cm³/mol. The number of ether oxygens (including phenoxy) is 1. The van der Waals surface area contributed by atoms with Crippen molar-refractivity contribution >= 4 is 11.9 Å². The molecule has 0 fully saturated rings. The van der Waals surface area contributed by atoms with Crippen LogP contribution in [0.1, 0.15) is 6.92 Å². The SMILES string of the molecule is COCC(C)N(CC(=O)O)CC(=O)O. The van der Waals surface area contributed by atoms with Crippen LogP contribution >= 0.6 is 0 Å². The maximum atomic E-state index is 10.4. The molecule has 1 atom stereocenters. The highest BCUT2D eigenvalue weighted by atomic mass is 16.5. The molecule has 0 bridgehead atoms. The van der Waals surface area contributed by atoms with E-state index < -0.39 is 11.9 Å². The second-order valence-electron chi connectivity index (χ2n) is 3.00. The zero-order chi connectivity index (χ0) is 11.1. The zero-order valence-electron chi connectivity index (χ0n) is 8.27. The maximum absolute atomic E-state index is 10.4. The molecule has 1 unspecified atom stereocenters. The smallest absolute Gasteiger partial charge is 0.317 e. The molecule has 0 rings (SSSR count). The highest BCUT2D eigenvalue weighted by molar-refractivity contribution is 5.72. The first-order chi connectivity index (χ1) is 6.47. The normalized spacial score (nSPS) is 12.8.